The molecular weight excluding hydrogens is 340 g/mol. The molecule has 1 aliphatic carbocycles. The first kappa shape index (κ1) is 16.8. The zero-order valence-corrected chi connectivity index (χ0v) is 14.2. The van der Waals surface area contributed by atoms with Crippen molar-refractivity contribution in [1.29, 1.82) is 0 Å². The number of amides is 2. The van der Waals surface area contributed by atoms with Gasteiger partial charge in [-0.25, -0.2) is 0 Å². The number of hydrogen-bond acceptors (Lipinski definition) is 6. The van der Waals surface area contributed by atoms with Crippen molar-refractivity contribution in [2.75, 3.05) is 26.2 Å². The summed E-state index contributed by atoms with van der Waals surface area (Å²) in [6.45, 7) is 2.89. The minimum absolute atomic E-state index is 0.00828. The topological polar surface area (TPSA) is 105 Å². The molecule has 2 saturated heterocycles. The predicted molar refractivity (Wildman–Crippen MR) is 90.5 cm³/mol. The molecule has 2 aliphatic heterocycles. The van der Waals surface area contributed by atoms with Crippen LogP contribution in [0.2, 0.25) is 0 Å². The van der Waals surface area contributed by atoms with E-state index in [-0.39, 0.29) is 17.8 Å². The molecule has 0 radical (unpaired) electrons. The zero-order chi connectivity index (χ0) is 18.3. The second-order valence-electron chi connectivity index (χ2n) is 6.97. The van der Waals surface area contributed by atoms with Crippen LogP contribution in [0.4, 0.5) is 5.69 Å². The Morgan fingerprint density at radius 3 is 2.81 bits per heavy atom. The van der Waals surface area contributed by atoms with Gasteiger partial charge < -0.3 is 15.0 Å². The minimum Gasteiger partial charge on any atom is -0.483 e. The number of ether oxygens (including phenoxy) is 1. The molecular formula is C17H20N4O5. The Kier molecular flexibility index (Phi) is 4.23. The third-order valence-corrected chi connectivity index (χ3v) is 4.97. The molecule has 0 spiro atoms. The number of piperazine rings is 2. The van der Waals surface area contributed by atoms with E-state index in [2.05, 4.69) is 10.2 Å². The average Bonchev–Trinajstić information content (AvgIpc) is 3.42. The van der Waals surface area contributed by atoms with Gasteiger partial charge >= 0.3 is 17.5 Å². The summed E-state index contributed by atoms with van der Waals surface area (Å²) in [5.41, 5.74) is 0.928. The molecule has 26 heavy (non-hydrogen) atoms. The molecule has 2 amide bonds. The van der Waals surface area contributed by atoms with Gasteiger partial charge in [0.15, 0.2) is 5.75 Å². The quantitative estimate of drug-likeness (QED) is 0.459. The molecule has 2 heterocycles. The van der Waals surface area contributed by atoms with E-state index >= 15 is 0 Å². The van der Waals surface area contributed by atoms with Gasteiger partial charge in [0.25, 0.3) is 0 Å². The van der Waals surface area contributed by atoms with Crippen molar-refractivity contribution in [3.05, 3.63) is 33.9 Å². The Bertz CT molecular complexity index is 764. The molecule has 9 nitrogen and oxygen atoms in total. The number of nitrogens with zero attached hydrogens (tertiary/aromatic N) is 3. The fraction of sp³-hybridized carbons (Fsp3) is 0.529. The molecule has 1 N–H and O–H groups in total. The largest absolute Gasteiger partial charge is 0.483 e. The molecule has 138 valence electrons. The fourth-order valence-electron chi connectivity index (χ4n) is 3.45. The van der Waals surface area contributed by atoms with Gasteiger partial charge in [0.1, 0.15) is 0 Å². The van der Waals surface area contributed by atoms with Crippen LogP contribution in [0.25, 0.3) is 0 Å². The van der Waals surface area contributed by atoms with Crippen molar-refractivity contribution in [3.63, 3.8) is 0 Å². The number of rotatable bonds is 5. The molecule has 1 aromatic rings. The molecule has 0 aromatic heterocycles. The number of fused-ring (bicyclic) bond motifs is 1. The highest BCUT2D eigenvalue weighted by atomic mass is 16.6. The number of nitro benzene ring substituents is 1. The average molecular weight is 360 g/mol. The van der Waals surface area contributed by atoms with Gasteiger partial charge in [0.05, 0.1) is 17.1 Å². The van der Waals surface area contributed by atoms with E-state index in [1.165, 1.54) is 6.07 Å². The van der Waals surface area contributed by atoms with Crippen LogP contribution in [-0.4, -0.2) is 64.9 Å². The highest BCUT2D eigenvalue weighted by Gasteiger charge is 2.37. The predicted octanol–water partition coefficient (Wildman–Crippen LogP) is 0.279. The summed E-state index contributed by atoms with van der Waals surface area (Å²) >= 11 is 0. The molecule has 4 rings (SSSR count). The maximum atomic E-state index is 11.9. The van der Waals surface area contributed by atoms with Gasteiger partial charge in [-0.1, -0.05) is 6.07 Å². The number of nitrogens with one attached hydrogen (secondary N) is 1. The lowest BCUT2D eigenvalue weighted by Gasteiger charge is -2.43. The van der Waals surface area contributed by atoms with E-state index in [0.29, 0.717) is 38.5 Å². The van der Waals surface area contributed by atoms with Gasteiger partial charge in [-0.2, -0.15) is 0 Å². The molecule has 3 aliphatic rings. The second-order valence-corrected chi connectivity index (χ2v) is 6.97. The van der Waals surface area contributed by atoms with Crippen LogP contribution in [0, 0.1) is 10.1 Å². The Morgan fingerprint density at radius 2 is 2.08 bits per heavy atom. The zero-order valence-electron chi connectivity index (χ0n) is 14.2. The van der Waals surface area contributed by atoms with Crippen molar-refractivity contribution in [2.24, 2.45) is 0 Å². The maximum Gasteiger partial charge on any atom is 0.312 e. The van der Waals surface area contributed by atoms with E-state index < -0.39 is 16.7 Å². The third-order valence-electron chi connectivity index (χ3n) is 4.97. The third kappa shape index (κ3) is 3.34. The SMILES string of the molecule is O=C1NCC2CN(Cc3ccc([N+](=O)[O-])c(OC4CC4)c3)CCN2C1=O. The summed E-state index contributed by atoms with van der Waals surface area (Å²) in [6.07, 6.45) is 1.96. The van der Waals surface area contributed by atoms with Crippen molar-refractivity contribution in [1.82, 2.24) is 15.1 Å². The highest BCUT2D eigenvalue weighted by Crippen LogP contribution is 2.34. The molecule has 1 unspecified atom stereocenters. The molecule has 1 atom stereocenters. The van der Waals surface area contributed by atoms with Crippen LogP contribution in [-0.2, 0) is 16.1 Å². The summed E-state index contributed by atoms with van der Waals surface area (Å²) in [5, 5.41) is 13.8. The van der Waals surface area contributed by atoms with Crippen molar-refractivity contribution in [3.8, 4) is 5.75 Å². The highest BCUT2D eigenvalue weighted by molar-refractivity contribution is 6.35. The summed E-state index contributed by atoms with van der Waals surface area (Å²) in [7, 11) is 0. The summed E-state index contributed by atoms with van der Waals surface area (Å²) < 4.78 is 5.70. The molecule has 1 aromatic carbocycles. The first-order valence-corrected chi connectivity index (χ1v) is 8.76. The van der Waals surface area contributed by atoms with E-state index in [9.17, 15) is 19.7 Å². The number of carbonyl (C=O) groups excluding carboxylic acids is 2. The van der Waals surface area contributed by atoms with E-state index in [0.717, 1.165) is 18.4 Å². The van der Waals surface area contributed by atoms with Gasteiger partial charge in [-0.15, -0.1) is 0 Å². The first-order chi connectivity index (χ1) is 12.5. The van der Waals surface area contributed by atoms with Crippen molar-refractivity contribution >= 4 is 17.5 Å². The normalized spacial score (nSPS) is 23.4. The smallest absolute Gasteiger partial charge is 0.312 e. The van der Waals surface area contributed by atoms with Crippen LogP contribution in [0.5, 0.6) is 5.75 Å². The Morgan fingerprint density at radius 1 is 1.27 bits per heavy atom. The Labute approximate surface area is 150 Å². The number of carbonyl (C=O) groups is 2. The molecule has 1 saturated carbocycles. The number of nitro groups is 1. The van der Waals surface area contributed by atoms with Crippen LogP contribution in [0.3, 0.4) is 0 Å². The number of benzene rings is 1. The summed E-state index contributed by atoms with van der Waals surface area (Å²) in [5.74, 6) is -0.669. The van der Waals surface area contributed by atoms with E-state index in [1.807, 2.05) is 0 Å². The van der Waals surface area contributed by atoms with Gasteiger partial charge in [0, 0.05) is 38.8 Å². The molecule has 0 bridgehead atoms. The lowest BCUT2D eigenvalue weighted by molar-refractivity contribution is -0.386. The fourth-order valence-corrected chi connectivity index (χ4v) is 3.45. The Hall–Kier alpha value is -2.68. The summed E-state index contributed by atoms with van der Waals surface area (Å²) in [6, 6.07) is 4.96. The lowest BCUT2D eigenvalue weighted by Crippen LogP contribution is -2.65. The second kappa shape index (κ2) is 6.56. The molecule has 3 fully saturated rings. The lowest BCUT2D eigenvalue weighted by atomic mass is 10.1. The summed E-state index contributed by atoms with van der Waals surface area (Å²) in [4.78, 5) is 37.9. The van der Waals surface area contributed by atoms with Gasteiger partial charge in [-0.05, 0) is 24.5 Å². The van der Waals surface area contributed by atoms with Gasteiger partial charge in [-0.3, -0.25) is 24.6 Å². The monoisotopic (exact) mass is 360 g/mol. The van der Waals surface area contributed by atoms with E-state index in [1.54, 1.807) is 17.0 Å². The minimum atomic E-state index is -0.535. The number of hydrogen-bond donors (Lipinski definition) is 1. The Balaban J connectivity index is 1.45. The van der Waals surface area contributed by atoms with E-state index in [4.69, 9.17) is 4.74 Å². The van der Waals surface area contributed by atoms with Gasteiger partial charge in [0.2, 0.25) is 0 Å². The van der Waals surface area contributed by atoms with Crippen LogP contribution in [0.15, 0.2) is 18.2 Å². The molecule has 9 heteroatoms. The standard InChI is InChI=1S/C17H20N4O5/c22-16-17(23)20-6-5-19(10-12(20)8-18-16)9-11-1-4-14(21(24)25)15(7-11)26-13-2-3-13/h1,4,7,12-13H,2-3,5-6,8-10H2,(H,18,22). The van der Waals surface area contributed by atoms with Crippen molar-refractivity contribution < 1.29 is 19.2 Å². The maximum absolute atomic E-state index is 11.9. The first-order valence-electron chi connectivity index (χ1n) is 8.76. The van der Waals surface area contributed by atoms with Crippen LogP contribution >= 0.6 is 0 Å². The van der Waals surface area contributed by atoms with Crippen LogP contribution < -0.4 is 10.1 Å². The van der Waals surface area contributed by atoms with Crippen molar-refractivity contribution in [2.45, 2.75) is 31.5 Å². The van der Waals surface area contributed by atoms with Crippen LogP contribution in [0.1, 0.15) is 18.4 Å².